The highest BCUT2D eigenvalue weighted by molar-refractivity contribution is 7.90. The van der Waals surface area contributed by atoms with E-state index < -0.39 is 9.84 Å². The number of carbonyl (C=O) groups excluding carboxylic acids is 1. The molecular formula is C23H24N4O4S. The Hall–Kier alpha value is -3.01. The molecule has 2 aromatic carbocycles. The maximum absolute atomic E-state index is 13.4. The Morgan fingerprint density at radius 2 is 1.81 bits per heavy atom. The summed E-state index contributed by atoms with van der Waals surface area (Å²) >= 11 is 0. The quantitative estimate of drug-likeness (QED) is 0.651. The fraction of sp³-hybridized carbons (Fsp3) is 0.304. The third-order valence-electron chi connectivity index (χ3n) is 5.86. The molecule has 0 aliphatic carbocycles. The van der Waals surface area contributed by atoms with Crippen LogP contribution in [0.4, 0.5) is 0 Å². The third-order valence-corrected chi connectivity index (χ3v) is 7.55. The molecule has 0 unspecified atom stereocenters. The van der Waals surface area contributed by atoms with Gasteiger partial charge in [0.25, 0.3) is 5.91 Å². The highest BCUT2D eigenvalue weighted by Crippen LogP contribution is 2.40. The fourth-order valence-corrected chi connectivity index (χ4v) is 5.89. The normalized spacial score (nSPS) is 17.0. The molecule has 2 aliphatic heterocycles. The van der Waals surface area contributed by atoms with Crippen LogP contribution in [-0.4, -0.2) is 62.4 Å². The van der Waals surface area contributed by atoms with E-state index in [0.717, 1.165) is 17.8 Å². The summed E-state index contributed by atoms with van der Waals surface area (Å²) in [6.45, 7) is 2.58. The predicted octanol–water partition coefficient (Wildman–Crippen LogP) is 2.02. The van der Waals surface area contributed by atoms with E-state index in [9.17, 15) is 13.2 Å². The zero-order chi connectivity index (χ0) is 22.3. The molecule has 0 spiro atoms. The van der Waals surface area contributed by atoms with Crippen LogP contribution in [0.2, 0.25) is 0 Å². The lowest BCUT2D eigenvalue weighted by atomic mass is 10.0. The van der Waals surface area contributed by atoms with Gasteiger partial charge in [0, 0.05) is 30.8 Å². The molecule has 32 heavy (non-hydrogen) atoms. The van der Waals surface area contributed by atoms with Gasteiger partial charge in [-0.05, 0) is 30.8 Å². The lowest BCUT2D eigenvalue weighted by molar-refractivity contribution is 0.0298. The predicted molar refractivity (Wildman–Crippen MR) is 119 cm³/mol. The number of morpholine rings is 1. The van der Waals surface area contributed by atoms with Crippen molar-refractivity contribution in [3.05, 3.63) is 65.4 Å². The summed E-state index contributed by atoms with van der Waals surface area (Å²) in [6, 6.07) is 14.8. The van der Waals surface area contributed by atoms with Gasteiger partial charge < -0.3 is 15.0 Å². The summed E-state index contributed by atoms with van der Waals surface area (Å²) in [5.74, 6) is -0.507. The van der Waals surface area contributed by atoms with Crippen molar-refractivity contribution in [2.24, 2.45) is 0 Å². The standard InChI is InChI=1S/C23H24N4O4S/c1-24-14-16-6-8-17(9-7-16)27-22-18-4-2-3-5-20(18)32(29,30)15-19(22)21(25-27)23(28)26-10-12-31-13-11-26/h2-9,24H,10-15H2,1H3. The second kappa shape index (κ2) is 8.16. The van der Waals surface area contributed by atoms with Crippen LogP contribution < -0.4 is 5.32 Å². The average Bonchev–Trinajstić information content (AvgIpc) is 3.18. The van der Waals surface area contributed by atoms with Crippen molar-refractivity contribution >= 4 is 15.7 Å². The number of ether oxygens (including phenoxy) is 1. The van der Waals surface area contributed by atoms with E-state index in [1.165, 1.54) is 0 Å². The van der Waals surface area contributed by atoms with E-state index in [-0.39, 0.29) is 22.2 Å². The Bertz CT molecular complexity index is 1280. The number of nitrogens with zero attached hydrogens (tertiary/aromatic N) is 3. The maximum atomic E-state index is 13.4. The van der Waals surface area contributed by atoms with E-state index in [2.05, 4.69) is 10.4 Å². The van der Waals surface area contributed by atoms with Crippen molar-refractivity contribution in [2.75, 3.05) is 33.4 Å². The third kappa shape index (κ3) is 3.52. The van der Waals surface area contributed by atoms with E-state index in [1.54, 1.807) is 33.8 Å². The highest BCUT2D eigenvalue weighted by atomic mass is 32.2. The molecule has 1 amide bonds. The van der Waals surface area contributed by atoms with Crippen molar-refractivity contribution in [1.29, 1.82) is 0 Å². The Kier molecular flexibility index (Phi) is 5.32. The fourth-order valence-electron chi connectivity index (χ4n) is 4.30. The van der Waals surface area contributed by atoms with Gasteiger partial charge in [-0.25, -0.2) is 13.1 Å². The van der Waals surface area contributed by atoms with E-state index in [4.69, 9.17) is 4.74 Å². The van der Waals surface area contributed by atoms with Gasteiger partial charge in [0.2, 0.25) is 0 Å². The van der Waals surface area contributed by atoms with Crippen molar-refractivity contribution < 1.29 is 17.9 Å². The molecule has 1 N–H and O–H groups in total. The van der Waals surface area contributed by atoms with Crippen LogP contribution in [-0.2, 0) is 26.9 Å². The van der Waals surface area contributed by atoms with Gasteiger partial charge in [0.05, 0.1) is 35.2 Å². The monoisotopic (exact) mass is 452 g/mol. The second-order valence-corrected chi connectivity index (χ2v) is 9.90. The topological polar surface area (TPSA) is 93.5 Å². The summed E-state index contributed by atoms with van der Waals surface area (Å²) in [4.78, 5) is 15.3. The van der Waals surface area contributed by atoms with Crippen molar-refractivity contribution in [2.45, 2.75) is 17.2 Å². The summed E-state index contributed by atoms with van der Waals surface area (Å²) in [6.07, 6.45) is 0. The molecule has 3 heterocycles. The molecule has 1 saturated heterocycles. The summed E-state index contributed by atoms with van der Waals surface area (Å²) < 4.78 is 33.2. The molecule has 0 saturated carbocycles. The number of rotatable bonds is 4. The van der Waals surface area contributed by atoms with E-state index in [1.807, 2.05) is 31.3 Å². The van der Waals surface area contributed by atoms with Gasteiger partial charge in [-0.2, -0.15) is 5.10 Å². The van der Waals surface area contributed by atoms with Crippen LogP contribution in [0, 0.1) is 0 Å². The minimum atomic E-state index is -3.58. The molecular weight excluding hydrogens is 428 g/mol. The molecule has 3 aromatic rings. The first kappa shape index (κ1) is 20.9. The summed E-state index contributed by atoms with van der Waals surface area (Å²) in [5, 5.41) is 7.80. The number of benzene rings is 2. The van der Waals surface area contributed by atoms with Crippen LogP contribution in [0.25, 0.3) is 16.9 Å². The smallest absolute Gasteiger partial charge is 0.274 e. The molecule has 0 atom stereocenters. The average molecular weight is 453 g/mol. The van der Waals surface area contributed by atoms with Gasteiger partial charge in [0.1, 0.15) is 0 Å². The first-order valence-corrected chi connectivity index (χ1v) is 12.2. The second-order valence-electron chi connectivity index (χ2n) is 7.94. The van der Waals surface area contributed by atoms with Crippen LogP contribution in [0.5, 0.6) is 0 Å². The Balaban J connectivity index is 1.70. The number of nitrogens with one attached hydrogen (secondary N) is 1. The highest BCUT2D eigenvalue weighted by Gasteiger charge is 2.37. The first-order valence-electron chi connectivity index (χ1n) is 10.5. The summed E-state index contributed by atoms with van der Waals surface area (Å²) in [7, 11) is -1.69. The Morgan fingerprint density at radius 1 is 1.09 bits per heavy atom. The molecule has 2 aliphatic rings. The number of hydrogen-bond donors (Lipinski definition) is 1. The first-order chi connectivity index (χ1) is 15.5. The van der Waals surface area contributed by atoms with Gasteiger partial charge in [-0.1, -0.05) is 30.3 Å². The van der Waals surface area contributed by atoms with E-state index in [0.29, 0.717) is 43.1 Å². The molecule has 0 bridgehead atoms. The zero-order valence-corrected chi connectivity index (χ0v) is 18.6. The van der Waals surface area contributed by atoms with Crippen molar-refractivity contribution in [3.8, 4) is 16.9 Å². The molecule has 0 radical (unpaired) electrons. The lowest BCUT2D eigenvalue weighted by Crippen LogP contribution is -2.41. The van der Waals surface area contributed by atoms with E-state index >= 15 is 0 Å². The van der Waals surface area contributed by atoms with Crippen LogP contribution in [0.1, 0.15) is 21.6 Å². The number of carbonyl (C=O) groups is 1. The molecule has 8 nitrogen and oxygen atoms in total. The van der Waals surface area contributed by atoms with Gasteiger partial charge in [-0.15, -0.1) is 0 Å². The zero-order valence-electron chi connectivity index (χ0n) is 17.7. The Labute approximate surface area is 186 Å². The summed E-state index contributed by atoms with van der Waals surface area (Å²) in [5.41, 5.74) is 3.77. The molecule has 1 aromatic heterocycles. The minimum Gasteiger partial charge on any atom is -0.378 e. The van der Waals surface area contributed by atoms with Crippen LogP contribution in [0.3, 0.4) is 0 Å². The van der Waals surface area contributed by atoms with Crippen molar-refractivity contribution in [1.82, 2.24) is 20.0 Å². The number of amides is 1. The van der Waals surface area contributed by atoms with Crippen molar-refractivity contribution in [3.63, 3.8) is 0 Å². The van der Waals surface area contributed by atoms with Gasteiger partial charge >= 0.3 is 0 Å². The largest absolute Gasteiger partial charge is 0.378 e. The molecule has 9 heteroatoms. The SMILES string of the molecule is CNCc1ccc(-n2nc(C(=O)N3CCOCC3)c3c2-c2ccccc2S(=O)(=O)C3)cc1. The van der Waals surface area contributed by atoms with Crippen LogP contribution >= 0.6 is 0 Å². The van der Waals surface area contributed by atoms with Gasteiger partial charge in [0.15, 0.2) is 15.5 Å². The minimum absolute atomic E-state index is 0.194. The lowest BCUT2D eigenvalue weighted by Gasteiger charge is -2.26. The van der Waals surface area contributed by atoms with Crippen LogP contribution in [0.15, 0.2) is 53.4 Å². The number of aromatic nitrogens is 2. The number of sulfone groups is 1. The molecule has 5 rings (SSSR count). The maximum Gasteiger partial charge on any atom is 0.274 e. The Morgan fingerprint density at radius 3 is 2.53 bits per heavy atom. The van der Waals surface area contributed by atoms with Gasteiger partial charge in [-0.3, -0.25) is 4.79 Å². The molecule has 166 valence electrons. The molecule has 1 fully saturated rings. The number of fused-ring (bicyclic) bond motifs is 3. The number of hydrogen-bond acceptors (Lipinski definition) is 6.